The SMILES string of the molecule is C1=Cc2cc(N(c3ccc(-c4cccc(-c5ccc6c(c5)c5ccccc5n6-c5cc(-c6ccccc6)cc(-c6ccccc6)c5)c4)cc3)c3ccc4c(c3)C(c3ccccc3)(c3ccccc3)c3ccccc3-4)ccc2CC1. The molecule has 0 fully saturated rings. The minimum absolute atomic E-state index is 0.508. The number of fused-ring (bicyclic) bond motifs is 7. The lowest BCUT2D eigenvalue weighted by molar-refractivity contribution is 0.768. The number of benzene rings is 12. The monoisotopic (exact) mass is 1010 g/mol. The van der Waals surface area contributed by atoms with Crippen molar-refractivity contribution in [3.05, 3.63) is 331 Å². The molecule has 0 N–H and O–H groups in total. The molecule has 0 saturated carbocycles. The summed E-state index contributed by atoms with van der Waals surface area (Å²) in [6.45, 7) is 0. The van der Waals surface area contributed by atoms with Crippen molar-refractivity contribution in [2.24, 2.45) is 0 Å². The first kappa shape index (κ1) is 46.3. The van der Waals surface area contributed by atoms with Gasteiger partial charge in [0.25, 0.3) is 0 Å². The van der Waals surface area contributed by atoms with Gasteiger partial charge in [-0.2, -0.15) is 0 Å². The predicted molar refractivity (Wildman–Crippen MR) is 332 cm³/mol. The summed E-state index contributed by atoms with van der Waals surface area (Å²) < 4.78 is 2.44. The molecule has 2 aliphatic carbocycles. The Morgan fingerprint density at radius 2 is 0.848 bits per heavy atom. The zero-order valence-corrected chi connectivity index (χ0v) is 43.7. The van der Waals surface area contributed by atoms with Crippen LogP contribution in [-0.2, 0) is 11.8 Å². The Labute approximate surface area is 462 Å². The third-order valence-corrected chi connectivity index (χ3v) is 16.7. The third kappa shape index (κ3) is 7.86. The molecule has 0 aliphatic heterocycles. The summed E-state index contributed by atoms with van der Waals surface area (Å²) in [6, 6.07) is 108. The van der Waals surface area contributed by atoms with Crippen molar-refractivity contribution in [1.82, 2.24) is 4.57 Å². The molecule has 0 spiro atoms. The molecule has 0 amide bonds. The second-order valence-electron chi connectivity index (χ2n) is 21.1. The Bertz CT molecular complexity index is 4360. The van der Waals surface area contributed by atoms with Gasteiger partial charge in [-0.25, -0.2) is 0 Å². The number of allylic oxidation sites excluding steroid dienone is 1. The van der Waals surface area contributed by atoms with Crippen LogP contribution >= 0.6 is 0 Å². The Balaban J connectivity index is 0.821. The number of para-hydroxylation sites is 1. The Morgan fingerprint density at radius 3 is 1.57 bits per heavy atom. The molecule has 0 unspecified atom stereocenters. The number of rotatable bonds is 10. The lowest BCUT2D eigenvalue weighted by Gasteiger charge is -2.35. The zero-order valence-electron chi connectivity index (χ0n) is 43.7. The van der Waals surface area contributed by atoms with Gasteiger partial charge in [0.1, 0.15) is 0 Å². The summed E-state index contributed by atoms with van der Waals surface area (Å²) in [5.41, 5.74) is 26.2. The van der Waals surface area contributed by atoms with E-state index in [4.69, 9.17) is 0 Å². The second-order valence-corrected chi connectivity index (χ2v) is 21.1. The fourth-order valence-electron chi connectivity index (χ4n) is 13.0. The minimum atomic E-state index is -0.508. The first-order valence-corrected chi connectivity index (χ1v) is 27.6. The number of aryl methyl sites for hydroxylation is 1. The van der Waals surface area contributed by atoms with Crippen LogP contribution in [0, 0.1) is 0 Å². The Kier molecular flexibility index (Phi) is 11.3. The first-order valence-electron chi connectivity index (χ1n) is 27.6. The molecule has 372 valence electrons. The van der Waals surface area contributed by atoms with Crippen LogP contribution in [-0.4, -0.2) is 4.57 Å². The van der Waals surface area contributed by atoms with Crippen LogP contribution in [0.1, 0.15) is 39.8 Å². The fourth-order valence-corrected chi connectivity index (χ4v) is 13.0. The predicted octanol–water partition coefficient (Wildman–Crippen LogP) is 20.2. The average Bonchev–Trinajstić information content (AvgIpc) is 4.17. The first-order chi connectivity index (χ1) is 39.2. The minimum Gasteiger partial charge on any atom is -0.310 e. The topological polar surface area (TPSA) is 8.17 Å². The van der Waals surface area contributed by atoms with Crippen molar-refractivity contribution in [3.8, 4) is 61.3 Å². The summed E-state index contributed by atoms with van der Waals surface area (Å²) in [5.74, 6) is 0. The van der Waals surface area contributed by atoms with Gasteiger partial charge < -0.3 is 9.47 Å². The molecular formula is C77H54N2. The van der Waals surface area contributed by atoms with E-state index in [2.05, 4.69) is 313 Å². The zero-order chi connectivity index (χ0) is 52.3. The van der Waals surface area contributed by atoms with Crippen molar-refractivity contribution in [3.63, 3.8) is 0 Å². The lowest BCUT2D eigenvalue weighted by Crippen LogP contribution is -2.28. The molecule has 0 saturated heterocycles. The smallest absolute Gasteiger partial charge is 0.0714 e. The standard InChI is InChI=1S/C77H54N2/c1-5-20-53(21-6-1)61-47-62(54-22-7-2-8-23-54)50-68(49-61)79-75-35-18-16-33-71(75)72-51-60(39-45-76(72)79)58-27-19-26-57(46-58)56-36-40-65(41-37-56)78(66-42-38-55-24-13-14-25-59(55)48-66)67-43-44-70-69-32-15-17-34-73(69)77(74(70)52-67,63-28-9-3-10-29-63)64-30-11-4-12-31-64/h1-12,14-23,25-52H,13,24H2. The molecule has 2 nitrogen and oxygen atoms in total. The number of aromatic nitrogens is 1. The number of hydrogen-bond acceptors (Lipinski definition) is 1. The van der Waals surface area contributed by atoms with E-state index in [1.165, 1.54) is 111 Å². The van der Waals surface area contributed by atoms with Crippen LogP contribution in [0.15, 0.2) is 297 Å². The molecule has 79 heavy (non-hydrogen) atoms. The van der Waals surface area contributed by atoms with Gasteiger partial charge in [-0.1, -0.05) is 224 Å². The quantitative estimate of drug-likeness (QED) is 0.133. The van der Waals surface area contributed by atoms with Gasteiger partial charge in [0, 0.05) is 33.5 Å². The van der Waals surface area contributed by atoms with Crippen molar-refractivity contribution >= 4 is 44.9 Å². The van der Waals surface area contributed by atoms with Crippen LogP contribution < -0.4 is 4.90 Å². The second kappa shape index (κ2) is 19.2. The largest absolute Gasteiger partial charge is 0.310 e. The van der Waals surface area contributed by atoms with E-state index >= 15 is 0 Å². The molecule has 15 rings (SSSR count). The summed E-state index contributed by atoms with van der Waals surface area (Å²) in [6.07, 6.45) is 6.74. The van der Waals surface area contributed by atoms with Crippen molar-refractivity contribution in [1.29, 1.82) is 0 Å². The van der Waals surface area contributed by atoms with Crippen LogP contribution in [0.3, 0.4) is 0 Å². The number of nitrogens with zero attached hydrogens (tertiary/aromatic N) is 2. The van der Waals surface area contributed by atoms with Crippen LogP contribution in [0.25, 0.3) is 89.2 Å². The molecular weight excluding hydrogens is 953 g/mol. The van der Waals surface area contributed by atoms with Crippen molar-refractivity contribution in [2.45, 2.75) is 18.3 Å². The summed E-state index contributed by atoms with van der Waals surface area (Å²) in [7, 11) is 0. The van der Waals surface area contributed by atoms with E-state index < -0.39 is 5.41 Å². The Hall–Kier alpha value is -10.0. The van der Waals surface area contributed by atoms with Gasteiger partial charge in [0.15, 0.2) is 0 Å². The summed E-state index contributed by atoms with van der Waals surface area (Å²) in [4.78, 5) is 2.46. The maximum Gasteiger partial charge on any atom is 0.0714 e. The average molecular weight is 1010 g/mol. The van der Waals surface area contributed by atoms with Gasteiger partial charge in [0.05, 0.1) is 16.4 Å². The van der Waals surface area contributed by atoms with Crippen LogP contribution in [0.5, 0.6) is 0 Å². The molecule has 0 bridgehead atoms. The summed E-state index contributed by atoms with van der Waals surface area (Å²) in [5, 5.41) is 2.46. The number of hydrogen-bond donors (Lipinski definition) is 0. The highest BCUT2D eigenvalue weighted by atomic mass is 15.1. The van der Waals surface area contributed by atoms with Crippen molar-refractivity contribution in [2.75, 3.05) is 4.90 Å². The van der Waals surface area contributed by atoms with E-state index in [0.29, 0.717) is 0 Å². The molecule has 2 aliphatic rings. The van der Waals surface area contributed by atoms with Gasteiger partial charge in [0.2, 0.25) is 0 Å². The molecule has 2 heteroatoms. The van der Waals surface area contributed by atoms with Crippen LogP contribution in [0.4, 0.5) is 17.1 Å². The maximum atomic E-state index is 2.47. The Morgan fingerprint density at radius 1 is 0.329 bits per heavy atom. The van der Waals surface area contributed by atoms with Gasteiger partial charge >= 0.3 is 0 Å². The molecule has 12 aromatic carbocycles. The van der Waals surface area contributed by atoms with Crippen LogP contribution in [0.2, 0.25) is 0 Å². The highest BCUT2D eigenvalue weighted by Gasteiger charge is 2.46. The third-order valence-electron chi connectivity index (χ3n) is 16.7. The number of anilines is 3. The van der Waals surface area contributed by atoms with Crippen molar-refractivity contribution < 1.29 is 0 Å². The molecule has 0 atom stereocenters. The maximum absolute atomic E-state index is 2.47. The fraction of sp³-hybridized carbons (Fsp3) is 0.0390. The molecule has 1 heterocycles. The molecule has 1 aromatic heterocycles. The highest BCUT2D eigenvalue weighted by Crippen LogP contribution is 2.57. The van der Waals surface area contributed by atoms with E-state index in [1.54, 1.807) is 0 Å². The van der Waals surface area contributed by atoms with Gasteiger partial charge in [-0.05, 0) is 181 Å². The summed E-state index contributed by atoms with van der Waals surface area (Å²) >= 11 is 0. The lowest BCUT2D eigenvalue weighted by atomic mass is 9.67. The van der Waals surface area contributed by atoms with E-state index in [9.17, 15) is 0 Å². The van der Waals surface area contributed by atoms with E-state index in [0.717, 1.165) is 35.6 Å². The molecule has 0 radical (unpaired) electrons. The van der Waals surface area contributed by atoms with E-state index in [-0.39, 0.29) is 0 Å². The van der Waals surface area contributed by atoms with Gasteiger partial charge in [-0.15, -0.1) is 0 Å². The van der Waals surface area contributed by atoms with Gasteiger partial charge in [-0.3, -0.25) is 0 Å². The normalized spacial score (nSPS) is 13.0. The highest BCUT2D eigenvalue weighted by molar-refractivity contribution is 6.11. The van der Waals surface area contributed by atoms with E-state index in [1.807, 2.05) is 0 Å². The molecule has 13 aromatic rings.